The zero-order valence-corrected chi connectivity index (χ0v) is 15.3. The number of nitrogens with zero attached hydrogens (tertiary/aromatic N) is 1. The summed E-state index contributed by atoms with van der Waals surface area (Å²) < 4.78 is 11.8. The predicted octanol–water partition coefficient (Wildman–Crippen LogP) is 3.25. The van der Waals surface area contributed by atoms with Gasteiger partial charge in [-0.2, -0.15) is 0 Å². The second-order valence-electron chi connectivity index (χ2n) is 8.72. The maximum Gasteiger partial charge on any atom is 0.226 e. The van der Waals surface area contributed by atoms with Crippen molar-refractivity contribution in [1.82, 2.24) is 4.90 Å². The van der Waals surface area contributed by atoms with Gasteiger partial charge in [-0.3, -0.25) is 4.79 Å². The quantitative estimate of drug-likeness (QED) is 0.797. The van der Waals surface area contributed by atoms with Crippen molar-refractivity contribution in [3.05, 3.63) is 0 Å². The molecular weight excluding hydrogens is 290 g/mol. The molecule has 2 aliphatic heterocycles. The third-order valence-corrected chi connectivity index (χ3v) is 6.81. The molecule has 132 valence electrons. The van der Waals surface area contributed by atoms with Crippen molar-refractivity contribution in [3.63, 3.8) is 0 Å². The lowest BCUT2D eigenvalue weighted by Gasteiger charge is -2.33. The highest BCUT2D eigenvalue weighted by atomic mass is 16.5. The van der Waals surface area contributed by atoms with Crippen molar-refractivity contribution in [2.45, 2.75) is 72.0 Å². The molecule has 23 heavy (non-hydrogen) atoms. The molecule has 3 rings (SSSR count). The van der Waals surface area contributed by atoms with Crippen molar-refractivity contribution in [2.24, 2.45) is 16.7 Å². The fourth-order valence-electron chi connectivity index (χ4n) is 4.42. The Morgan fingerprint density at radius 1 is 1.09 bits per heavy atom. The summed E-state index contributed by atoms with van der Waals surface area (Å²) in [5.74, 6) is 0.539. The van der Waals surface area contributed by atoms with Crippen LogP contribution in [-0.4, -0.2) is 49.3 Å². The Balaban J connectivity index is 1.41. The van der Waals surface area contributed by atoms with Gasteiger partial charge in [-0.15, -0.1) is 0 Å². The van der Waals surface area contributed by atoms with Crippen LogP contribution in [0.5, 0.6) is 0 Å². The van der Waals surface area contributed by atoms with Gasteiger partial charge in [0.15, 0.2) is 0 Å². The summed E-state index contributed by atoms with van der Waals surface area (Å²) in [7, 11) is 0. The fourth-order valence-corrected chi connectivity index (χ4v) is 4.42. The van der Waals surface area contributed by atoms with Crippen LogP contribution in [0.15, 0.2) is 0 Å². The fraction of sp³-hybridized carbons (Fsp3) is 0.947. The molecule has 3 fully saturated rings. The maximum atomic E-state index is 12.8. The van der Waals surface area contributed by atoms with Crippen molar-refractivity contribution in [1.29, 1.82) is 0 Å². The van der Waals surface area contributed by atoms with E-state index in [1.807, 2.05) is 0 Å². The molecule has 0 aromatic heterocycles. The Hall–Kier alpha value is -0.610. The van der Waals surface area contributed by atoms with Gasteiger partial charge in [0, 0.05) is 25.6 Å². The minimum absolute atomic E-state index is 0.135. The van der Waals surface area contributed by atoms with E-state index < -0.39 is 0 Å². The first-order valence-electron chi connectivity index (χ1n) is 9.36. The van der Waals surface area contributed by atoms with Gasteiger partial charge >= 0.3 is 0 Å². The van der Waals surface area contributed by atoms with Crippen molar-refractivity contribution in [2.75, 3.05) is 26.3 Å². The number of carbonyl (C=O) groups excluding carboxylic acids is 1. The molecule has 0 N–H and O–H groups in total. The van der Waals surface area contributed by atoms with Crippen molar-refractivity contribution >= 4 is 5.91 Å². The Morgan fingerprint density at radius 3 is 2.26 bits per heavy atom. The molecule has 0 aromatic carbocycles. The smallest absolute Gasteiger partial charge is 0.226 e. The van der Waals surface area contributed by atoms with E-state index in [9.17, 15) is 4.79 Å². The average Bonchev–Trinajstić information content (AvgIpc) is 2.95. The molecule has 0 unspecified atom stereocenters. The van der Waals surface area contributed by atoms with Gasteiger partial charge in [-0.05, 0) is 42.9 Å². The molecule has 3 aliphatic rings. The number of carbonyl (C=O) groups is 1. The van der Waals surface area contributed by atoms with Gasteiger partial charge in [0.25, 0.3) is 0 Å². The zero-order chi connectivity index (χ0) is 16.7. The van der Waals surface area contributed by atoms with Gasteiger partial charge < -0.3 is 14.4 Å². The standard InChI is InChI=1S/C19H33NO3/c1-18(2)16(19(18,3)4)17(21)20-10-8-14(9-11-20)23-13-15-7-5-6-12-22-15/h14-16H,5-13H2,1-4H3/t15-/m0/s1. The van der Waals surface area contributed by atoms with Crippen molar-refractivity contribution in [3.8, 4) is 0 Å². The number of likely N-dealkylation sites (tertiary alicyclic amines) is 1. The van der Waals surface area contributed by atoms with Gasteiger partial charge in [0.2, 0.25) is 5.91 Å². The average molecular weight is 323 g/mol. The third kappa shape index (κ3) is 3.30. The molecule has 1 amide bonds. The molecule has 2 saturated heterocycles. The number of rotatable bonds is 4. The minimum atomic E-state index is 0.135. The van der Waals surface area contributed by atoms with E-state index >= 15 is 0 Å². The Morgan fingerprint density at radius 2 is 1.74 bits per heavy atom. The summed E-state index contributed by atoms with van der Waals surface area (Å²) >= 11 is 0. The summed E-state index contributed by atoms with van der Waals surface area (Å²) in [6.07, 6.45) is 6.08. The Kier molecular flexibility index (Phi) is 4.76. The zero-order valence-electron chi connectivity index (χ0n) is 15.3. The molecule has 0 spiro atoms. The maximum absolute atomic E-state index is 12.8. The van der Waals surface area contributed by atoms with Gasteiger partial charge in [0.1, 0.15) is 0 Å². The van der Waals surface area contributed by atoms with E-state index in [-0.39, 0.29) is 22.9 Å². The van der Waals surface area contributed by atoms with E-state index in [0.717, 1.165) is 45.6 Å². The van der Waals surface area contributed by atoms with Crippen LogP contribution in [0.1, 0.15) is 59.8 Å². The molecule has 0 aromatic rings. The largest absolute Gasteiger partial charge is 0.376 e. The summed E-state index contributed by atoms with van der Waals surface area (Å²) in [5.41, 5.74) is 0.269. The van der Waals surface area contributed by atoms with Crippen LogP contribution in [0, 0.1) is 16.7 Å². The first kappa shape index (κ1) is 17.2. The molecule has 1 atom stereocenters. The number of piperidine rings is 1. The molecule has 0 radical (unpaired) electrons. The second kappa shape index (κ2) is 6.36. The first-order valence-corrected chi connectivity index (χ1v) is 9.36. The van der Waals surface area contributed by atoms with Crippen LogP contribution in [0.25, 0.3) is 0 Å². The van der Waals surface area contributed by atoms with Gasteiger partial charge in [0.05, 0.1) is 18.8 Å². The number of ether oxygens (including phenoxy) is 2. The molecule has 4 nitrogen and oxygen atoms in total. The normalized spacial score (nSPS) is 31.1. The van der Waals surface area contributed by atoms with Crippen LogP contribution in [0.3, 0.4) is 0 Å². The van der Waals surface area contributed by atoms with E-state index in [2.05, 4.69) is 32.6 Å². The lowest BCUT2D eigenvalue weighted by Crippen LogP contribution is -2.43. The number of hydrogen-bond acceptors (Lipinski definition) is 3. The monoisotopic (exact) mass is 323 g/mol. The minimum Gasteiger partial charge on any atom is -0.376 e. The highest BCUT2D eigenvalue weighted by Crippen LogP contribution is 2.68. The highest BCUT2D eigenvalue weighted by Gasteiger charge is 2.68. The van der Waals surface area contributed by atoms with Crippen LogP contribution >= 0.6 is 0 Å². The Bertz CT molecular complexity index is 418. The molecule has 4 heteroatoms. The topological polar surface area (TPSA) is 38.8 Å². The van der Waals surface area contributed by atoms with Gasteiger partial charge in [-0.1, -0.05) is 27.7 Å². The SMILES string of the molecule is CC1(C)C(C(=O)N2CCC(OC[C@@H]3CCCCO3)CC2)C1(C)C. The summed E-state index contributed by atoms with van der Waals surface area (Å²) in [6, 6.07) is 0. The number of hydrogen-bond donors (Lipinski definition) is 0. The lowest BCUT2D eigenvalue weighted by atomic mass is 10.0. The highest BCUT2D eigenvalue weighted by molar-refractivity contribution is 5.84. The van der Waals surface area contributed by atoms with Gasteiger partial charge in [-0.25, -0.2) is 0 Å². The lowest BCUT2D eigenvalue weighted by molar-refractivity contribution is -0.137. The summed E-state index contributed by atoms with van der Waals surface area (Å²) in [4.78, 5) is 14.8. The van der Waals surface area contributed by atoms with E-state index in [4.69, 9.17) is 9.47 Å². The third-order valence-electron chi connectivity index (χ3n) is 6.81. The summed E-state index contributed by atoms with van der Waals surface area (Å²) in [5, 5.41) is 0. The van der Waals surface area contributed by atoms with Crippen LogP contribution in [0.2, 0.25) is 0 Å². The van der Waals surface area contributed by atoms with E-state index in [1.54, 1.807) is 0 Å². The van der Waals surface area contributed by atoms with Crippen molar-refractivity contribution < 1.29 is 14.3 Å². The van der Waals surface area contributed by atoms with Crippen LogP contribution in [-0.2, 0) is 14.3 Å². The number of amides is 1. The Labute approximate surface area is 140 Å². The van der Waals surface area contributed by atoms with Crippen LogP contribution in [0.4, 0.5) is 0 Å². The molecule has 1 saturated carbocycles. The summed E-state index contributed by atoms with van der Waals surface area (Å²) in [6.45, 7) is 12.2. The molecular formula is C19H33NO3. The first-order chi connectivity index (χ1) is 10.8. The second-order valence-corrected chi connectivity index (χ2v) is 8.72. The van der Waals surface area contributed by atoms with Crippen LogP contribution < -0.4 is 0 Å². The molecule has 1 aliphatic carbocycles. The molecule has 0 bridgehead atoms. The van der Waals surface area contributed by atoms with E-state index in [1.165, 1.54) is 12.8 Å². The van der Waals surface area contributed by atoms with E-state index in [0.29, 0.717) is 12.0 Å². The predicted molar refractivity (Wildman–Crippen MR) is 90.2 cm³/mol. The molecule has 2 heterocycles.